The molecule has 0 unspecified atom stereocenters. The first-order chi connectivity index (χ1) is 11.4. The van der Waals surface area contributed by atoms with Crippen LogP contribution in [0.2, 0.25) is 0 Å². The van der Waals surface area contributed by atoms with E-state index in [0.29, 0.717) is 11.5 Å². The number of aliphatic carboxylic acids is 1. The molecule has 2 amide bonds. The predicted molar refractivity (Wildman–Crippen MR) is 86.8 cm³/mol. The molecule has 2 bridgehead atoms. The summed E-state index contributed by atoms with van der Waals surface area (Å²) in [6, 6.07) is 1.80. The van der Waals surface area contributed by atoms with E-state index < -0.39 is 23.7 Å². The fourth-order valence-electron chi connectivity index (χ4n) is 4.06. The Morgan fingerprint density at radius 3 is 2.42 bits per heavy atom. The third-order valence-electron chi connectivity index (χ3n) is 5.24. The topological polar surface area (TPSA) is 98.3 Å². The molecule has 6 nitrogen and oxygen atoms in total. The summed E-state index contributed by atoms with van der Waals surface area (Å²) in [4.78, 5) is 37.0. The van der Waals surface area contributed by atoms with Crippen LogP contribution in [0.3, 0.4) is 0 Å². The molecule has 7 heteroatoms. The van der Waals surface area contributed by atoms with Gasteiger partial charge in [-0.3, -0.25) is 20.4 Å². The molecule has 0 spiro atoms. The number of rotatable bonds is 4. The van der Waals surface area contributed by atoms with Gasteiger partial charge >= 0.3 is 0 Å². The first-order valence-corrected chi connectivity index (χ1v) is 9.16. The number of amides is 2. The predicted octanol–water partition coefficient (Wildman–Crippen LogP) is 1.04. The number of carboxylic acids is 1. The Bertz CT molecular complexity index is 669. The molecule has 0 radical (unpaired) electrons. The molecule has 3 rings (SSSR count). The van der Waals surface area contributed by atoms with Crippen molar-refractivity contribution in [1.82, 2.24) is 10.9 Å². The maximum atomic E-state index is 12.4. The van der Waals surface area contributed by atoms with Gasteiger partial charge in [-0.25, -0.2) is 0 Å². The normalized spacial score (nSPS) is 28.1. The van der Waals surface area contributed by atoms with Crippen LogP contribution in [0.15, 0.2) is 11.4 Å². The molecule has 0 aromatic carbocycles. The number of nitrogens with one attached hydrogen (secondary N) is 2. The van der Waals surface area contributed by atoms with Crippen molar-refractivity contribution in [3.63, 3.8) is 0 Å². The summed E-state index contributed by atoms with van der Waals surface area (Å²) >= 11 is 1.50. The van der Waals surface area contributed by atoms with Crippen LogP contribution in [-0.2, 0) is 9.59 Å². The monoisotopic (exact) mass is 349 g/mol. The Hall–Kier alpha value is -1.89. The van der Waals surface area contributed by atoms with Crippen molar-refractivity contribution in [3.8, 4) is 0 Å². The molecule has 2 fully saturated rings. The lowest BCUT2D eigenvalue weighted by atomic mass is 9.79. The molecule has 2 aliphatic rings. The zero-order valence-electron chi connectivity index (χ0n) is 13.7. The van der Waals surface area contributed by atoms with E-state index in [1.807, 2.05) is 13.8 Å². The zero-order chi connectivity index (χ0) is 17.4. The van der Waals surface area contributed by atoms with Crippen molar-refractivity contribution in [2.45, 2.75) is 39.0 Å². The summed E-state index contributed by atoms with van der Waals surface area (Å²) in [5, 5.41) is 13.1. The van der Waals surface area contributed by atoms with Crippen molar-refractivity contribution in [2.24, 2.45) is 23.7 Å². The molecular formula is C17H21N2O4S-. The first kappa shape index (κ1) is 17.0. The molecule has 24 heavy (non-hydrogen) atoms. The highest BCUT2D eigenvalue weighted by molar-refractivity contribution is 7.10. The summed E-state index contributed by atoms with van der Waals surface area (Å²) in [6.45, 7) is 4.09. The standard InChI is InChI=1S/C17H22N2O4S/c1-8(2)12-6-11(7-24-12)15(20)18-19-16(21)13-9-3-4-10(5-9)14(13)17(22)23/h6-10,13-14H,3-5H2,1-2H3,(H,18,20)(H,19,21)(H,22,23)/p-1/t9-,10+,13+,14+/m1/s1. The maximum absolute atomic E-state index is 12.4. The number of carbonyl (C=O) groups is 3. The number of hydrogen-bond acceptors (Lipinski definition) is 5. The number of carbonyl (C=O) groups excluding carboxylic acids is 3. The minimum atomic E-state index is -1.16. The van der Waals surface area contributed by atoms with E-state index in [2.05, 4.69) is 10.9 Å². The quantitative estimate of drug-likeness (QED) is 0.794. The lowest BCUT2D eigenvalue weighted by molar-refractivity contribution is -0.314. The number of thiophene rings is 1. The zero-order valence-corrected chi connectivity index (χ0v) is 14.5. The number of hydrazine groups is 1. The van der Waals surface area contributed by atoms with Gasteiger partial charge in [0.2, 0.25) is 5.91 Å². The molecule has 130 valence electrons. The molecule has 1 aromatic heterocycles. The summed E-state index contributed by atoms with van der Waals surface area (Å²) in [7, 11) is 0. The molecule has 0 saturated heterocycles. The van der Waals surface area contributed by atoms with Crippen molar-refractivity contribution < 1.29 is 19.5 Å². The van der Waals surface area contributed by atoms with Gasteiger partial charge in [0.15, 0.2) is 0 Å². The van der Waals surface area contributed by atoms with Gasteiger partial charge in [0, 0.05) is 22.1 Å². The van der Waals surface area contributed by atoms with Crippen LogP contribution in [0.1, 0.15) is 54.3 Å². The number of carboxylic acid groups (broad SMARTS) is 1. The molecule has 2 aliphatic carbocycles. The summed E-state index contributed by atoms with van der Waals surface area (Å²) in [5.74, 6) is -2.89. The third kappa shape index (κ3) is 3.05. The second-order valence-electron chi connectivity index (χ2n) is 7.04. The molecule has 2 saturated carbocycles. The second-order valence-corrected chi connectivity index (χ2v) is 7.98. The van der Waals surface area contributed by atoms with Gasteiger partial charge in [0.25, 0.3) is 5.91 Å². The highest BCUT2D eigenvalue weighted by Crippen LogP contribution is 2.52. The van der Waals surface area contributed by atoms with Crippen LogP contribution < -0.4 is 16.0 Å². The lowest BCUT2D eigenvalue weighted by Gasteiger charge is -2.30. The minimum Gasteiger partial charge on any atom is -0.550 e. The average Bonchev–Trinajstić information content (AvgIpc) is 3.25. The van der Waals surface area contributed by atoms with Gasteiger partial charge < -0.3 is 9.90 Å². The Balaban J connectivity index is 1.60. The van der Waals surface area contributed by atoms with Gasteiger partial charge in [0.05, 0.1) is 11.5 Å². The molecule has 2 N–H and O–H groups in total. The van der Waals surface area contributed by atoms with Crippen LogP contribution in [0, 0.1) is 23.7 Å². The Labute approximate surface area is 144 Å². The number of hydrogen-bond donors (Lipinski definition) is 2. The van der Waals surface area contributed by atoms with E-state index >= 15 is 0 Å². The van der Waals surface area contributed by atoms with Crippen LogP contribution in [0.4, 0.5) is 0 Å². The van der Waals surface area contributed by atoms with Gasteiger partial charge in [-0.1, -0.05) is 13.8 Å². The van der Waals surface area contributed by atoms with Crippen molar-refractivity contribution in [2.75, 3.05) is 0 Å². The molecule has 4 atom stereocenters. The average molecular weight is 349 g/mol. The summed E-state index contributed by atoms with van der Waals surface area (Å²) in [5.41, 5.74) is 5.30. The van der Waals surface area contributed by atoms with Crippen molar-refractivity contribution >= 4 is 29.1 Å². The summed E-state index contributed by atoms with van der Waals surface area (Å²) in [6.07, 6.45) is 2.46. The Morgan fingerprint density at radius 1 is 1.17 bits per heavy atom. The van der Waals surface area contributed by atoms with Crippen LogP contribution in [0.25, 0.3) is 0 Å². The molecular weight excluding hydrogens is 328 g/mol. The second kappa shape index (κ2) is 6.55. The van der Waals surface area contributed by atoms with Gasteiger partial charge in [-0.05, 0) is 43.1 Å². The van der Waals surface area contributed by atoms with Crippen LogP contribution in [-0.4, -0.2) is 17.8 Å². The SMILES string of the molecule is CC(C)c1cc(C(=O)NNC(=O)[C@H]2[C@@H]3CC[C@@H](C3)[C@@H]2C(=O)[O-])cs1. The third-order valence-corrected chi connectivity index (χ3v) is 6.47. The highest BCUT2D eigenvalue weighted by Gasteiger charge is 2.51. The number of fused-ring (bicyclic) bond motifs is 2. The van der Waals surface area contributed by atoms with E-state index in [4.69, 9.17) is 0 Å². The van der Waals surface area contributed by atoms with E-state index in [1.165, 1.54) is 11.3 Å². The van der Waals surface area contributed by atoms with E-state index in [1.54, 1.807) is 11.4 Å². The van der Waals surface area contributed by atoms with Gasteiger partial charge in [-0.2, -0.15) is 0 Å². The molecule has 0 aliphatic heterocycles. The van der Waals surface area contributed by atoms with Crippen molar-refractivity contribution in [1.29, 1.82) is 0 Å². The van der Waals surface area contributed by atoms with Crippen LogP contribution >= 0.6 is 11.3 Å². The fraction of sp³-hybridized carbons (Fsp3) is 0.588. The molecule has 1 aromatic rings. The fourth-order valence-corrected chi connectivity index (χ4v) is 4.96. The van der Waals surface area contributed by atoms with E-state index in [0.717, 1.165) is 24.1 Å². The maximum Gasteiger partial charge on any atom is 0.270 e. The largest absolute Gasteiger partial charge is 0.550 e. The van der Waals surface area contributed by atoms with Crippen molar-refractivity contribution in [3.05, 3.63) is 21.9 Å². The smallest absolute Gasteiger partial charge is 0.270 e. The Kier molecular flexibility index (Phi) is 4.62. The minimum absolute atomic E-state index is 0.0249. The van der Waals surface area contributed by atoms with Gasteiger partial charge in [-0.15, -0.1) is 11.3 Å². The van der Waals surface area contributed by atoms with E-state index in [-0.39, 0.29) is 17.7 Å². The molecule has 1 heterocycles. The highest BCUT2D eigenvalue weighted by atomic mass is 32.1. The van der Waals surface area contributed by atoms with E-state index in [9.17, 15) is 19.5 Å². The van der Waals surface area contributed by atoms with Crippen LogP contribution in [0.5, 0.6) is 0 Å². The summed E-state index contributed by atoms with van der Waals surface area (Å²) < 4.78 is 0. The Morgan fingerprint density at radius 2 is 1.83 bits per heavy atom. The first-order valence-electron chi connectivity index (χ1n) is 8.28. The van der Waals surface area contributed by atoms with Gasteiger partial charge in [0.1, 0.15) is 0 Å². The lowest BCUT2D eigenvalue weighted by Crippen LogP contribution is -2.50.